The van der Waals surface area contributed by atoms with Gasteiger partial charge < -0.3 is 39.3 Å². The normalized spacial score (nSPS) is 19.2. The summed E-state index contributed by atoms with van der Waals surface area (Å²) < 4.78 is 16.2. The average Bonchev–Trinajstić information content (AvgIpc) is 4.12. The minimum absolute atomic E-state index is 0.0338. The van der Waals surface area contributed by atoms with Crippen LogP contribution in [0.25, 0.3) is 44.2 Å². The van der Waals surface area contributed by atoms with Crippen LogP contribution in [0.15, 0.2) is 79.0 Å². The zero-order chi connectivity index (χ0) is 43.2. The molecule has 4 aromatic carbocycles. The van der Waals surface area contributed by atoms with E-state index in [2.05, 4.69) is 58.6 Å². The number of aromatic amines is 2. The first-order valence-corrected chi connectivity index (χ1v) is 21.4. The third-order valence-electron chi connectivity index (χ3n) is 12.7. The number of hydrogen-bond acceptors (Lipinski definition) is 9. The van der Waals surface area contributed by atoms with Crippen LogP contribution in [0, 0.1) is 11.8 Å². The summed E-state index contributed by atoms with van der Waals surface area (Å²) >= 11 is 0. The lowest BCUT2D eigenvalue weighted by molar-refractivity contribution is -0.135. The zero-order valence-corrected chi connectivity index (χ0v) is 35.6. The van der Waals surface area contributed by atoms with E-state index in [0.29, 0.717) is 25.5 Å². The summed E-state index contributed by atoms with van der Waals surface area (Å²) in [5, 5.41) is 4.72. The van der Waals surface area contributed by atoms with E-state index in [-0.39, 0.29) is 43.0 Å². The number of methoxy groups -OCH3 is 2. The highest BCUT2D eigenvalue weighted by Gasteiger charge is 2.41. The molecule has 1 unspecified atom stereocenters. The summed E-state index contributed by atoms with van der Waals surface area (Å²) in [5.74, 6) is 0.999. The third kappa shape index (κ3) is 7.53. The van der Waals surface area contributed by atoms with Crippen molar-refractivity contribution in [2.24, 2.45) is 11.8 Å². The van der Waals surface area contributed by atoms with Crippen LogP contribution in [0.2, 0.25) is 0 Å². The molecule has 62 heavy (non-hydrogen) atoms. The SMILES string of the molecule is COC(=O)B[C@@H](C(=O)N1CCC[C@H]1c1nc2ccc3cc4c(cc3c2[nH]1)OCc1cc(-c2cnc([C@@H]3CC(C)CN3C(=O)[C@@H](NC(=O)OC)C(C)C)[nH]2)ccc1-4)c1ccccc1. The molecule has 2 aromatic heterocycles. The Labute approximate surface area is 360 Å². The van der Waals surface area contributed by atoms with Gasteiger partial charge in [0.15, 0.2) is 0 Å². The summed E-state index contributed by atoms with van der Waals surface area (Å²) in [4.78, 5) is 73.1. The van der Waals surface area contributed by atoms with E-state index < -0.39 is 23.8 Å². The standard InChI is InChI=1S/C47H50BN7O7/c1-25(2)40(53-47(59)61-5)45(57)55-23-26(3)18-37(55)42-49-22-35(51-42)29-13-15-31-30(19-29)24-62-38-21-32-28(20-33(31)38)14-16-34-41(32)52-43(50-34)36-12-9-17-54(36)44(56)39(48-46(58)60-4)27-10-7-6-8-11-27/h6-8,10-11,13-16,19-22,25-26,36-37,39-40,48H,9,12,17-18,23-24H2,1-5H3,(H,49,51)(H,50,52)(H,53,59)/t26?,36-,37-,39+,40-/m0/s1. The Bertz CT molecular complexity index is 2700. The number of rotatable bonds is 10. The number of amides is 3. The summed E-state index contributed by atoms with van der Waals surface area (Å²) in [5.41, 5.74) is 7.38. The number of aromatic nitrogens is 4. The van der Waals surface area contributed by atoms with Crippen molar-refractivity contribution in [2.75, 3.05) is 27.3 Å². The van der Waals surface area contributed by atoms with E-state index in [1.54, 1.807) is 0 Å². The Morgan fingerprint density at radius 1 is 0.903 bits per heavy atom. The minimum Gasteiger partial charge on any atom is -0.488 e. The lowest BCUT2D eigenvalue weighted by atomic mass is 9.61. The number of alkyl carbamates (subject to hydrolysis) is 1. The molecule has 0 bridgehead atoms. The Hall–Kier alpha value is -6.64. The second-order valence-electron chi connectivity index (χ2n) is 17.1. The minimum atomic E-state index is -0.715. The number of hydrogen-bond donors (Lipinski definition) is 3. The number of carbonyl (C=O) groups is 4. The molecule has 0 aliphatic carbocycles. The van der Waals surface area contributed by atoms with Gasteiger partial charge in [0.05, 0.1) is 55.0 Å². The molecule has 5 atom stereocenters. The van der Waals surface area contributed by atoms with Crippen LogP contribution in [-0.2, 0) is 25.7 Å². The fourth-order valence-corrected chi connectivity index (χ4v) is 9.52. The Morgan fingerprint density at radius 3 is 2.50 bits per heavy atom. The predicted molar refractivity (Wildman–Crippen MR) is 236 cm³/mol. The molecular formula is C47H50BN7O7. The van der Waals surface area contributed by atoms with Crippen LogP contribution in [0.1, 0.15) is 80.7 Å². The number of nitrogens with one attached hydrogen (secondary N) is 3. The lowest BCUT2D eigenvalue weighted by Gasteiger charge is -2.30. The van der Waals surface area contributed by atoms with Gasteiger partial charge in [-0.1, -0.05) is 69.3 Å². The number of carbonyl (C=O) groups excluding carboxylic acids is 4. The third-order valence-corrected chi connectivity index (χ3v) is 12.7. The van der Waals surface area contributed by atoms with Gasteiger partial charge in [0.1, 0.15) is 30.0 Å². The maximum Gasteiger partial charge on any atom is 0.407 e. The monoisotopic (exact) mass is 835 g/mol. The first-order chi connectivity index (χ1) is 30.0. The molecule has 0 saturated carbocycles. The van der Waals surface area contributed by atoms with E-state index in [4.69, 9.17) is 24.2 Å². The summed E-state index contributed by atoms with van der Waals surface area (Å²) in [6, 6.07) is 22.8. The Balaban J connectivity index is 0.963. The summed E-state index contributed by atoms with van der Waals surface area (Å²) in [6.45, 7) is 7.45. The van der Waals surface area contributed by atoms with Crippen LogP contribution in [0.5, 0.6) is 5.75 Å². The summed E-state index contributed by atoms with van der Waals surface area (Å²) in [7, 11) is 2.60. The molecule has 2 saturated heterocycles. The second-order valence-corrected chi connectivity index (χ2v) is 17.1. The lowest BCUT2D eigenvalue weighted by Crippen LogP contribution is -2.51. The van der Waals surface area contributed by atoms with Crippen molar-refractivity contribution in [1.29, 1.82) is 0 Å². The van der Waals surface area contributed by atoms with E-state index in [9.17, 15) is 19.2 Å². The van der Waals surface area contributed by atoms with Crippen LogP contribution in [-0.4, -0.2) is 94.1 Å². The molecule has 3 aliphatic heterocycles. The van der Waals surface area contributed by atoms with Gasteiger partial charge in [-0.2, -0.15) is 0 Å². The molecule has 3 amide bonds. The van der Waals surface area contributed by atoms with Crippen molar-refractivity contribution in [1.82, 2.24) is 35.1 Å². The maximum atomic E-state index is 14.2. The van der Waals surface area contributed by atoms with Gasteiger partial charge in [0.25, 0.3) is 7.28 Å². The first kappa shape index (κ1) is 40.8. The van der Waals surface area contributed by atoms with Gasteiger partial charge in [0.2, 0.25) is 17.7 Å². The van der Waals surface area contributed by atoms with E-state index in [0.717, 1.165) is 86.2 Å². The van der Waals surface area contributed by atoms with Gasteiger partial charge >= 0.3 is 6.09 Å². The van der Waals surface area contributed by atoms with Crippen molar-refractivity contribution in [3.63, 3.8) is 0 Å². The number of likely N-dealkylation sites (tertiary alicyclic amines) is 2. The van der Waals surface area contributed by atoms with Gasteiger partial charge in [0, 0.05) is 24.0 Å². The zero-order valence-electron chi connectivity index (χ0n) is 35.6. The highest BCUT2D eigenvalue weighted by atomic mass is 16.5. The average molecular weight is 836 g/mol. The molecular weight excluding hydrogens is 785 g/mol. The number of benzene rings is 4. The Morgan fingerprint density at radius 2 is 1.73 bits per heavy atom. The number of imidazole rings is 2. The van der Waals surface area contributed by atoms with Gasteiger partial charge in [-0.3, -0.25) is 14.4 Å². The first-order valence-electron chi connectivity index (χ1n) is 21.4. The maximum absolute atomic E-state index is 14.2. The molecule has 0 spiro atoms. The number of nitrogens with zero attached hydrogens (tertiary/aromatic N) is 4. The second kappa shape index (κ2) is 16.7. The largest absolute Gasteiger partial charge is 0.488 e. The van der Waals surface area contributed by atoms with Crippen molar-refractivity contribution in [3.8, 4) is 28.1 Å². The molecule has 2 fully saturated rings. The fourth-order valence-electron chi connectivity index (χ4n) is 9.52. The molecule has 15 heteroatoms. The molecule has 5 heterocycles. The van der Waals surface area contributed by atoms with Gasteiger partial charge in [-0.25, -0.2) is 14.8 Å². The van der Waals surface area contributed by atoms with Crippen molar-refractivity contribution >= 4 is 52.9 Å². The van der Waals surface area contributed by atoms with Gasteiger partial charge in [-0.05, 0) is 83.0 Å². The van der Waals surface area contributed by atoms with Crippen LogP contribution >= 0.6 is 0 Å². The molecule has 3 aliphatic rings. The van der Waals surface area contributed by atoms with Gasteiger partial charge in [-0.15, -0.1) is 0 Å². The Kier molecular flexibility index (Phi) is 11.0. The highest BCUT2D eigenvalue weighted by Crippen LogP contribution is 2.44. The molecule has 0 radical (unpaired) electrons. The van der Waals surface area contributed by atoms with Crippen LogP contribution in [0.4, 0.5) is 9.59 Å². The quantitative estimate of drug-likeness (QED) is 0.118. The summed E-state index contributed by atoms with van der Waals surface area (Å²) in [6.07, 6.45) is 3.52. The van der Waals surface area contributed by atoms with E-state index in [1.165, 1.54) is 14.2 Å². The predicted octanol–water partition coefficient (Wildman–Crippen LogP) is 7.56. The topological polar surface area (TPSA) is 172 Å². The smallest absolute Gasteiger partial charge is 0.407 e. The van der Waals surface area contributed by atoms with Crippen molar-refractivity contribution in [3.05, 3.63) is 102 Å². The van der Waals surface area contributed by atoms with Crippen molar-refractivity contribution < 1.29 is 33.4 Å². The molecule has 9 rings (SSSR count). The van der Waals surface area contributed by atoms with E-state index in [1.807, 2.05) is 66.2 Å². The van der Waals surface area contributed by atoms with Crippen LogP contribution < -0.4 is 10.1 Å². The fraction of sp³-hybridized carbons (Fsp3) is 0.362. The number of H-pyrrole nitrogens is 2. The van der Waals surface area contributed by atoms with Crippen molar-refractivity contribution in [2.45, 2.75) is 70.6 Å². The van der Waals surface area contributed by atoms with Crippen LogP contribution in [0.3, 0.4) is 0 Å². The van der Waals surface area contributed by atoms with E-state index >= 15 is 0 Å². The molecule has 14 nitrogen and oxygen atoms in total. The number of ether oxygens (including phenoxy) is 3. The molecule has 6 aromatic rings. The highest BCUT2D eigenvalue weighted by molar-refractivity contribution is 6.75. The molecule has 3 N–H and O–H groups in total. The molecule has 318 valence electrons. The number of fused-ring (bicyclic) bond motifs is 6.